The fraction of sp³-hybridized carbons (Fsp3) is 0.235. The molecule has 0 radical (unpaired) electrons. The van der Waals surface area contributed by atoms with Gasteiger partial charge in [-0.1, -0.05) is 60.7 Å². The van der Waals surface area contributed by atoms with Crippen LogP contribution in [0.2, 0.25) is 0 Å². The summed E-state index contributed by atoms with van der Waals surface area (Å²) in [6.45, 7) is -0.220. The topological polar surface area (TPSA) is 69.6 Å². The lowest BCUT2D eigenvalue weighted by Crippen LogP contribution is -2.37. The molecule has 0 saturated carbocycles. The van der Waals surface area contributed by atoms with Crippen LogP contribution >= 0.6 is 0 Å². The molecule has 0 aliphatic rings. The third kappa shape index (κ3) is 4.41. The summed E-state index contributed by atoms with van der Waals surface area (Å²) in [5.41, 5.74) is 2.07. The van der Waals surface area contributed by atoms with Gasteiger partial charge in [0.1, 0.15) is 0 Å². The SMILES string of the molecule is O=C(O)C[C@H](CO)NC(c1ccccc1)c1ccccc1. The highest BCUT2D eigenvalue weighted by atomic mass is 16.4. The van der Waals surface area contributed by atoms with Crippen LogP contribution in [-0.4, -0.2) is 28.8 Å². The number of carbonyl (C=O) groups is 1. The van der Waals surface area contributed by atoms with Crippen molar-refractivity contribution in [2.45, 2.75) is 18.5 Å². The van der Waals surface area contributed by atoms with Crippen LogP contribution in [0.5, 0.6) is 0 Å². The van der Waals surface area contributed by atoms with Gasteiger partial charge >= 0.3 is 5.97 Å². The van der Waals surface area contributed by atoms with Crippen molar-refractivity contribution in [3.8, 4) is 0 Å². The molecule has 2 rings (SSSR count). The van der Waals surface area contributed by atoms with Gasteiger partial charge in [0, 0.05) is 6.04 Å². The Bertz CT molecular complexity index is 517. The first-order valence-corrected chi connectivity index (χ1v) is 6.89. The summed E-state index contributed by atoms with van der Waals surface area (Å²) in [4.78, 5) is 10.9. The van der Waals surface area contributed by atoms with Gasteiger partial charge in [-0.15, -0.1) is 0 Å². The maximum atomic E-state index is 10.9. The molecule has 4 nitrogen and oxygen atoms in total. The molecule has 0 aliphatic carbocycles. The minimum absolute atomic E-state index is 0.118. The van der Waals surface area contributed by atoms with Gasteiger partial charge in [0.25, 0.3) is 0 Å². The highest BCUT2D eigenvalue weighted by Crippen LogP contribution is 2.22. The molecule has 110 valence electrons. The standard InChI is InChI=1S/C17H19NO3/c19-12-15(11-16(20)21)18-17(13-7-3-1-4-8-13)14-9-5-2-6-10-14/h1-10,15,17-19H,11-12H2,(H,20,21)/t15-/m1/s1. The van der Waals surface area contributed by atoms with Crippen LogP contribution in [0.3, 0.4) is 0 Å². The van der Waals surface area contributed by atoms with E-state index in [0.29, 0.717) is 0 Å². The van der Waals surface area contributed by atoms with Crippen LogP contribution in [0.25, 0.3) is 0 Å². The Balaban J connectivity index is 2.26. The zero-order valence-corrected chi connectivity index (χ0v) is 11.6. The van der Waals surface area contributed by atoms with Gasteiger partial charge < -0.3 is 15.5 Å². The van der Waals surface area contributed by atoms with E-state index in [1.54, 1.807) is 0 Å². The highest BCUT2D eigenvalue weighted by molar-refractivity contribution is 5.67. The monoisotopic (exact) mass is 285 g/mol. The van der Waals surface area contributed by atoms with Crippen LogP contribution in [0, 0.1) is 0 Å². The molecule has 0 fully saturated rings. The van der Waals surface area contributed by atoms with Crippen LogP contribution in [0.1, 0.15) is 23.6 Å². The summed E-state index contributed by atoms with van der Waals surface area (Å²) in [5, 5.41) is 21.5. The molecule has 4 heteroatoms. The van der Waals surface area contributed by atoms with Crippen LogP contribution in [-0.2, 0) is 4.79 Å². The molecule has 2 aromatic rings. The first-order chi connectivity index (χ1) is 10.2. The summed E-state index contributed by atoms with van der Waals surface area (Å²) in [6.07, 6.45) is -0.118. The number of rotatable bonds is 7. The van der Waals surface area contributed by atoms with Gasteiger partial charge in [0.2, 0.25) is 0 Å². The lowest BCUT2D eigenvalue weighted by molar-refractivity contribution is -0.137. The van der Waals surface area contributed by atoms with Crippen molar-refractivity contribution in [1.29, 1.82) is 0 Å². The molecule has 0 unspecified atom stereocenters. The second-order valence-electron chi connectivity index (χ2n) is 4.90. The summed E-state index contributed by atoms with van der Waals surface area (Å²) in [6, 6.07) is 18.9. The molecule has 1 atom stereocenters. The fourth-order valence-electron chi connectivity index (χ4n) is 2.30. The maximum absolute atomic E-state index is 10.9. The Kier molecular flexibility index (Phi) is 5.49. The van der Waals surface area contributed by atoms with Gasteiger partial charge in [0.15, 0.2) is 0 Å². The third-order valence-electron chi connectivity index (χ3n) is 3.31. The summed E-state index contributed by atoms with van der Waals surface area (Å²) >= 11 is 0. The zero-order chi connectivity index (χ0) is 15.1. The Hall–Kier alpha value is -2.17. The Morgan fingerprint density at radius 2 is 1.43 bits per heavy atom. The van der Waals surface area contributed by atoms with E-state index in [1.165, 1.54) is 0 Å². The molecule has 3 N–H and O–H groups in total. The zero-order valence-electron chi connectivity index (χ0n) is 11.6. The smallest absolute Gasteiger partial charge is 0.305 e. The van der Waals surface area contributed by atoms with E-state index in [0.717, 1.165) is 11.1 Å². The van der Waals surface area contributed by atoms with Crippen molar-refractivity contribution in [2.75, 3.05) is 6.61 Å². The average molecular weight is 285 g/mol. The molecular weight excluding hydrogens is 266 g/mol. The number of aliphatic carboxylic acids is 1. The molecule has 0 spiro atoms. The largest absolute Gasteiger partial charge is 0.481 e. The second-order valence-corrected chi connectivity index (χ2v) is 4.90. The number of aliphatic hydroxyl groups excluding tert-OH is 1. The lowest BCUT2D eigenvalue weighted by Gasteiger charge is -2.24. The average Bonchev–Trinajstić information content (AvgIpc) is 2.52. The van der Waals surface area contributed by atoms with Crippen LogP contribution in [0.4, 0.5) is 0 Å². The van der Waals surface area contributed by atoms with Crippen LogP contribution in [0.15, 0.2) is 60.7 Å². The minimum Gasteiger partial charge on any atom is -0.481 e. The Morgan fingerprint density at radius 3 is 1.81 bits per heavy atom. The number of hydrogen-bond donors (Lipinski definition) is 3. The van der Waals surface area contributed by atoms with E-state index in [-0.39, 0.29) is 19.1 Å². The van der Waals surface area contributed by atoms with E-state index >= 15 is 0 Å². The number of aliphatic hydroxyl groups is 1. The quantitative estimate of drug-likeness (QED) is 0.729. The van der Waals surface area contributed by atoms with Crippen molar-refractivity contribution < 1.29 is 15.0 Å². The Morgan fingerprint density at radius 1 is 0.952 bits per heavy atom. The highest BCUT2D eigenvalue weighted by Gasteiger charge is 2.20. The molecule has 0 aromatic heterocycles. The second kappa shape index (κ2) is 7.57. The number of carboxylic acids is 1. The predicted octanol–water partition coefficient (Wildman–Crippen LogP) is 2.20. The van der Waals surface area contributed by atoms with Gasteiger partial charge in [-0.05, 0) is 11.1 Å². The molecule has 21 heavy (non-hydrogen) atoms. The van der Waals surface area contributed by atoms with E-state index in [9.17, 15) is 9.90 Å². The van der Waals surface area contributed by atoms with Crippen molar-refractivity contribution in [2.24, 2.45) is 0 Å². The van der Waals surface area contributed by atoms with E-state index in [4.69, 9.17) is 5.11 Å². The molecule has 0 aliphatic heterocycles. The first-order valence-electron chi connectivity index (χ1n) is 6.89. The summed E-state index contributed by atoms with van der Waals surface area (Å²) in [7, 11) is 0. The minimum atomic E-state index is -0.929. The third-order valence-corrected chi connectivity index (χ3v) is 3.31. The molecule has 0 amide bonds. The number of nitrogens with one attached hydrogen (secondary N) is 1. The summed E-state index contributed by atoms with van der Waals surface area (Å²) < 4.78 is 0. The molecule has 0 heterocycles. The first kappa shape index (κ1) is 15.2. The number of benzene rings is 2. The molecule has 2 aromatic carbocycles. The summed E-state index contributed by atoms with van der Waals surface area (Å²) in [5.74, 6) is -0.929. The van der Waals surface area contributed by atoms with Gasteiger partial charge in [-0.2, -0.15) is 0 Å². The van der Waals surface area contributed by atoms with Crippen molar-refractivity contribution in [1.82, 2.24) is 5.32 Å². The van der Waals surface area contributed by atoms with Crippen molar-refractivity contribution in [3.05, 3.63) is 71.8 Å². The predicted molar refractivity (Wildman–Crippen MR) is 81.0 cm³/mol. The Labute approximate surface area is 124 Å². The van der Waals surface area contributed by atoms with E-state index in [1.807, 2.05) is 60.7 Å². The van der Waals surface area contributed by atoms with Crippen LogP contribution < -0.4 is 5.32 Å². The normalized spacial score (nSPS) is 12.3. The van der Waals surface area contributed by atoms with E-state index < -0.39 is 12.0 Å². The molecule has 0 bridgehead atoms. The number of hydrogen-bond acceptors (Lipinski definition) is 3. The van der Waals surface area contributed by atoms with Gasteiger partial charge in [-0.3, -0.25) is 4.79 Å². The van der Waals surface area contributed by atoms with Crippen molar-refractivity contribution in [3.63, 3.8) is 0 Å². The molecular formula is C17H19NO3. The van der Waals surface area contributed by atoms with Gasteiger partial charge in [0.05, 0.1) is 19.1 Å². The van der Waals surface area contributed by atoms with E-state index in [2.05, 4.69) is 5.32 Å². The van der Waals surface area contributed by atoms with Gasteiger partial charge in [-0.25, -0.2) is 0 Å². The lowest BCUT2D eigenvalue weighted by atomic mass is 9.97. The van der Waals surface area contributed by atoms with Crippen molar-refractivity contribution >= 4 is 5.97 Å². The fourth-order valence-corrected chi connectivity index (χ4v) is 2.30. The number of carboxylic acid groups (broad SMARTS) is 1. The molecule has 0 saturated heterocycles. The maximum Gasteiger partial charge on any atom is 0.305 e.